The average Bonchev–Trinajstić information content (AvgIpc) is 2.33. The second-order valence-corrected chi connectivity index (χ2v) is 5.59. The largest absolute Gasteiger partial charge is 0.482 e. The Labute approximate surface area is 124 Å². The maximum Gasteiger partial charge on any atom is 0.257 e. The first-order valence-electron chi connectivity index (χ1n) is 6.33. The van der Waals surface area contributed by atoms with Crippen LogP contribution in [0, 0.1) is 5.92 Å². The summed E-state index contributed by atoms with van der Waals surface area (Å²) in [5, 5.41) is 3.75. The Morgan fingerprint density at radius 1 is 1.37 bits per heavy atom. The number of rotatable bonds is 7. The molecule has 0 bridgehead atoms. The van der Waals surface area contributed by atoms with Crippen LogP contribution in [-0.2, 0) is 4.79 Å². The van der Waals surface area contributed by atoms with Crippen LogP contribution in [0.1, 0.15) is 26.7 Å². The fourth-order valence-corrected chi connectivity index (χ4v) is 1.99. The van der Waals surface area contributed by atoms with Crippen molar-refractivity contribution in [2.45, 2.75) is 26.7 Å². The van der Waals surface area contributed by atoms with Gasteiger partial charge in [0.1, 0.15) is 5.75 Å². The Bertz CT molecular complexity index is 422. The minimum absolute atomic E-state index is 0.0387. The molecule has 0 fully saturated rings. The molecule has 0 saturated carbocycles. The number of halogens is 2. The van der Waals surface area contributed by atoms with Crippen molar-refractivity contribution >= 4 is 29.1 Å². The van der Waals surface area contributed by atoms with Crippen LogP contribution in [-0.4, -0.2) is 19.1 Å². The molecule has 1 amide bonds. The summed E-state index contributed by atoms with van der Waals surface area (Å²) in [4.78, 5) is 11.5. The van der Waals surface area contributed by atoms with Gasteiger partial charge in [-0.15, -0.1) is 0 Å². The van der Waals surface area contributed by atoms with E-state index in [1.165, 1.54) is 0 Å². The van der Waals surface area contributed by atoms with Gasteiger partial charge in [0.05, 0.1) is 5.02 Å². The normalized spacial score (nSPS) is 10.6. The molecule has 0 unspecified atom stereocenters. The van der Waals surface area contributed by atoms with Crippen LogP contribution in [0.15, 0.2) is 18.2 Å². The Balaban J connectivity index is 2.26. The standard InChI is InChI=1S/C14H19Cl2NO2/c1-10(2)4-3-7-17-14(18)9-19-13-6-5-11(15)8-12(13)16/h5-6,8,10H,3-4,7,9H2,1-2H3,(H,17,18). The summed E-state index contributed by atoms with van der Waals surface area (Å²) in [6.07, 6.45) is 2.08. The van der Waals surface area contributed by atoms with Crippen molar-refractivity contribution in [3.63, 3.8) is 0 Å². The number of hydrogen-bond acceptors (Lipinski definition) is 2. The van der Waals surface area contributed by atoms with Gasteiger partial charge < -0.3 is 10.1 Å². The third-order valence-corrected chi connectivity index (χ3v) is 3.06. The van der Waals surface area contributed by atoms with Crippen molar-refractivity contribution in [3.05, 3.63) is 28.2 Å². The van der Waals surface area contributed by atoms with E-state index in [4.69, 9.17) is 27.9 Å². The summed E-state index contributed by atoms with van der Waals surface area (Å²) in [7, 11) is 0. The predicted octanol–water partition coefficient (Wildman–Crippen LogP) is 3.92. The monoisotopic (exact) mass is 303 g/mol. The van der Waals surface area contributed by atoms with E-state index in [1.54, 1.807) is 18.2 Å². The Morgan fingerprint density at radius 2 is 2.11 bits per heavy atom. The summed E-state index contributed by atoms with van der Waals surface area (Å²) in [6.45, 7) is 4.96. The smallest absolute Gasteiger partial charge is 0.257 e. The summed E-state index contributed by atoms with van der Waals surface area (Å²) >= 11 is 11.7. The van der Waals surface area contributed by atoms with Crippen LogP contribution >= 0.6 is 23.2 Å². The molecule has 5 heteroatoms. The van der Waals surface area contributed by atoms with E-state index in [2.05, 4.69) is 19.2 Å². The van der Waals surface area contributed by atoms with Gasteiger partial charge in [-0.25, -0.2) is 0 Å². The molecular formula is C14H19Cl2NO2. The van der Waals surface area contributed by atoms with Crippen LogP contribution in [0.5, 0.6) is 5.75 Å². The lowest BCUT2D eigenvalue weighted by Crippen LogP contribution is -2.29. The number of carbonyl (C=O) groups is 1. The molecule has 106 valence electrons. The summed E-state index contributed by atoms with van der Waals surface area (Å²) in [6, 6.07) is 4.90. The van der Waals surface area contributed by atoms with Crippen molar-refractivity contribution in [1.82, 2.24) is 5.32 Å². The highest BCUT2D eigenvalue weighted by Gasteiger charge is 2.06. The molecule has 1 aromatic rings. The van der Waals surface area contributed by atoms with E-state index >= 15 is 0 Å². The molecule has 0 radical (unpaired) electrons. The third-order valence-electron chi connectivity index (χ3n) is 2.53. The first-order valence-corrected chi connectivity index (χ1v) is 7.09. The van der Waals surface area contributed by atoms with E-state index in [1.807, 2.05) is 0 Å². The minimum Gasteiger partial charge on any atom is -0.482 e. The zero-order chi connectivity index (χ0) is 14.3. The third kappa shape index (κ3) is 6.69. The van der Waals surface area contributed by atoms with Crippen LogP contribution in [0.25, 0.3) is 0 Å². The van der Waals surface area contributed by atoms with Crippen LogP contribution in [0.4, 0.5) is 0 Å². The van der Waals surface area contributed by atoms with Crippen molar-refractivity contribution in [1.29, 1.82) is 0 Å². The maximum absolute atomic E-state index is 11.5. The van der Waals surface area contributed by atoms with E-state index in [0.29, 0.717) is 28.3 Å². The molecule has 1 aromatic carbocycles. The van der Waals surface area contributed by atoms with Gasteiger partial charge in [-0.2, -0.15) is 0 Å². The van der Waals surface area contributed by atoms with Gasteiger partial charge in [0.15, 0.2) is 6.61 Å². The molecule has 0 aliphatic rings. The van der Waals surface area contributed by atoms with Crippen molar-refractivity contribution in [3.8, 4) is 5.75 Å². The lowest BCUT2D eigenvalue weighted by Gasteiger charge is -2.09. The minimum atomic E-state index is -0.144. The SMILES string of the molecule is CC(C)CCCNC(=O)COc1ccc(Cl)cc1Cl. The zero-order valence-corrected chi connectivity index (χ0v) is 12.7. The molecule has 0 spiro atoms. The van der Waals surface area contributed by atoms with Crippen LogP contribution in [0.3, 0.4) is 0 Å². The number of amides is 1. The maximum atomic E-state index is 11.5. The first kappa shape index (κ1) is 16.1. The molecule has 3 nitrogen and oxygen atoms in total. The molecule has 1 rings (SSSR count). The fourth-order valence-electron chi connectivity index (χ4n) is 1.52. The molecule has 0 aromatic heterocycles. The topological polar surface area (TPSA) is 38.3 Å². The van der Waals surface area contributed by atoms with Gasteiger partial charge in [-0.05, 0) is 37.0 Å². The van der Waals surface area contributed by atoms with Gasteiger partial charge in [-0.3, -0.25) is 4.79 Å². The number of hydrogen-bond donors (Lipinski definition) is 1. The molecule has 0 aliphatic heterocycles. The Morgan fingerprint density at radius 3 is 2.74 bits per heavy atom. The van der Waals surface area contributed by atoms with Gasteiger partial charge >= 0.3 is 0 Å². The lowest BCUT2D eigenvalue weighted by atomic mass is 10.1. The van der Waals surface area contributed by atoms with Crippen molar-refractivity contribution in [2.24, 2.45) is 5.92 Å². The highest BCUT2D eigenvalue weighted by molar-refractivity contribution is 6.35. The van der Waals surface area contributed by atoms with E-state index < -0.39 is 0 Å². The Kier molecular flexibility index (Phi) is 7.03. The highest BCUT2D eigenvalue weighted by Crippen LogP contribution is 2.27. The highest BCUT2D eigenvalue weighted by atomic mass is 35.5. The summed E-state index contributed by atoms with van der Waals surface area (Å²) in [5.74, 6) is 0.971. The first-order chi connectivity index (χ1) is 8.99. The van der Waals surface area contributed by atoms with Gasteiger partial charge in [0, 0.05) is 11.6 Å². The Hall–Kier alpha value is -0.930. The van der Waals surface area contributed by atoms with Crippen molar-refractivity contribution < 1.29 is 9.53 Å². The van der Waals surface area contributed by atoms with E-state index in [0.717, 1.165) is 12.8 Å². The average molecular weight is 304 g/mol. The quantitative estimate of drug-likeness (QED) is 0.775. The molecule has 19 heavy (non-hydrogen) atoms. The van der Waals surface area contributed by atoms with Gasteiger partial charge in [-0.1, -0.05) is 37.0 Å². The van der Waals surface area contributed by atoms with Crippen LogP contribution < -0.4 is 10.1 Å². The van der Waals surface area contributed by atoms with Gasteiger partial charge in [0.2, 0.25) is 0 Å². The number of ether oxygens (including phenoxy) is 1. The zero-order valence-electron chi connectivity index (χ0n) is 11.2. The fraction of sp³-hybridized carbons (Fsp3) is 0.500. The van der Waals surface area contributed by atoms with Crippen LogP contribution in [0.2, 0.25) is 10.0 Å². The summed E-state index contributed by atoms with van der Waals surface area (Å²) in [5.41, 5.74) is 0. The lowest BCUT2D eigenvalue weighted by molar-refractivity contribution is -0.123. The molecule has 0 heterocycles. The number of nitrogens with one attached hydrogen (secondary N) is 1. The predicted molar refractivity (Wildman–Crippen MR) is 79.0 cm³/mol. The van der Waals surface area contributed by atoms with E-state index in [-0.39, 0.29) is 12.5 Å². The molecule has 0 saturated heterocycles. The second kappa shape index (κ2) is 8.28. The number of carbonyl (C=O) groups excluding carboxylic acids is 1. The van der Waals surface area contributed by atoms with E-state index in [9.17, 15) is 4.79 Å². The molecule has 0 atom stereocenters. The van der Waals surface area contributed by atoms with Gasteiger partial charge in [0.25, 0.3) is 5.91 Å². The summed E-state index contributed by atoms with van der Waals surface area (Å²) < 4.78 is 5.33. The number of benzene rings is 1. The molecule has 0 aliphatic carbocycles. The van der Waals surface area contributed by atoms with Crippen molar-refractivity contribution in [2.75, 3.05) is 13.2 Å². The molecular weight excluding hydrogens is 285 g/mol. The second-order valence-electron chi connectivity index (χ2n) is 4.75. The molecule has 1 N–H and O–H groups in total.